The van der Waals surface area contributed by atoms with Crippen LogP contribution in [0.1, 0.15) is 31.0 Å². The fraction of sp³-hybridized carbons (Fsp3) is 0.417. The van der Waals surface area contributed by atoms with Crippen LogP contribution in [-0.2, 0) is 10.2 Å². The largest absolute Gasteiger partial charge is 0.303 e. The molecule has 1 aromatic rings. The number of non-ortho nitro benzene ring substituents is 1. The molecule has 1 aliphatic heterocycles. The zero-order chi connectivity index (χ0) is 12.6. The molecule has 0 aliphatic carbocycles. The highest BCUT2D eigenvalue weighted by atomic mass is 16.6. The van der Waals surface area contributed by atoms with E-state index in [4.69, 9.17) is 0 Å². The lowest BCUT2D eigenvalue weighted by Gasteiger charge is -2.35. The molecule has 90 valence electrons. The van der Waals surface area contributed by atoms with Gasteiger partial charge in [0.2, 0.25) is 0 Å². The molecule has 0 spiro atoms. The van der Waals surface area contributed by atoms with E-state index < -0.39 is 11.0 Å². The number of nitrogens with one attached hydrogen (secondary N) is 1. The Kier molecular flexibility index (Phi) is 2.71. The Labute approximate surface area is 99.0 Å². The van der Waals surface area contributed by atoms with Crippen molar-refractivity contribution < 1.29 is 9.72 Å². The summed E-state index contributed by atoms with van der Waals surface area (Å²) in [6, 6.07) is 4.29. The fourth-order valence-electron chi connectivity index (χ4n) is 2.23. The van der Waals surface area contributed by atoms with Gasteiger partial charge in [0.15, 0.2) is 0 Å². The summed E-state index contributed by atoms with van der Waals surface area (Å²) in [5.74, 6) is 0. The minimum Gasteiger partial charge on any atom is -0.303 e. The van der Waals surface area contributed by atoms with E-state index in [-0.39, 0.29) is 11.1 Å². The average Bonchev–Trinajstić information content (AvgIpc) is 2.28. The van der Waals surface area contributed by atoms with Crippen LogP contribution >= 0.6 is 0 Å². The number of nitro groups is 1. The summed E-state index contributed by atoms with van der Waals surface area (Å²) in [7, 11) is 0. The topological polar surface area (TPSA) is 72.2 Å². The number of hydrogen-bond acceptors (Lipinski definition) is 4. The van der Waals surface area contributed by atoms with Crippen molar-refractivity contribution in [2.45, 2.75) is 25.3 Å². The second-order valence-corrected chi connectivity index (χ2v) is 4.91. The number of carbonyl (C=O) groups excluding carboxylic acids is 1. The normalized spacial score (nSPS) is 21.6. The second-order valence-electron chi connectivity index (χ2n) is 4.91. The number of aldehydes is 1. The summed E-state index contributed by atoms with van der Waals surface area (Å²) >= 11 is 0. The van der Waals surface area contributed by atoms with Crippen molar-refractivity contribution in [1.82, 2.24) is 5.32 Å². The number of benzene rings is 1. The predicted molar refractivity (Wildman–Crippen MR) is 62.9 cm³/mol. The van der Waals surface area contributed by atoms with Gasteiger partial charge in [0.1, 0.15) is 6.29 Å². The van der Waals surface area contributed by atoms with Crippen molar-refractivity contribution in [3.05, 3.63) is 39.4 Å². The van der Waals surface area contributed by atoms with E-state index in [1.165, 1.54) is 12.1 Å². The lowest BCUT2D eigenvalue weighted by Crippen LogP contribution is -2.42. The zero-order valence-electron chi connectivity index (χ0n) is 9.77. The van der Waals surface area contributed by atoms with E-state index >= 15 is 0 Å². The Morgan fingerprint density at radius 1 is 1.53 bits per heavy atom. The number of rotatable bonds is 2. The van der Waals surface area contributed by atoms with Crippen molar-refractivity contribution in [3.8, 4) is 0 Å². The zero-order valence-corrected chi connectivity index (χ0v) is 9.77. The summed E-state index contributed by atoms with van der Waals surface area (Å²) in [6.45, 7) is 4.78. The van der Waals surface area contributed by atoms with E-state index in [0.717, 1.165) is 11.8 Å². The van der Waals surface area contributed by atoms with E-state index in [1.54, 1.807) is 6.07 Å². The van der Waals surface area contributed by atoms with Crippen molar-refractivity contribution in [1.29, 1.82) is 0 Å². The molecule has 2 rings (SSSR count). The van der Waals surface area contributed by atoms with Crippen molar-refractivity contribution in [3.63, 3.8) is 0 Å². The van der Waals surface area contributed by atoms with Gasteiger partial charge in [0, 0.05) is 24.1 Å². The Hall–Kier alpha value is -1.75. The van der Waals surface area contributed by atoms with Gasteiger partial charge < -0.3 is 10.1 Å². The smallest absolute Gasteiger partial charge is 0.269 e. The molecular weight excluding hydrogens is 220 g/mol. The maximum absolute atomic E-state index is 11.0. The van der Waals surface area contributed by atoms with Gasteiger partial charge in [-0.2, -0.15) is 0 Å². The SMILES string of the molecule is CC1(C)CNC(C=O)c2cc([N+](=O)[O-])ccc21. The molecular formula is C12H14N2O3. The van der Waals surface area contributed by atoms with Crippen LogP contribution in [0.25, 0.3) is 0 Å². The summed E-state index contributed by atoms with van der Waals surface area (Å²) in [5.41, 5.74) is 1.61. The van der Waals surface area contributed by atoms with Crippen molar-refractivity contribution in [2.75, 3.05) is 6.54 Å². The molecule has 5 nitrogen and oxygen atoms in total. The third kappa shape index (κ3) is 1.93. The molecule has 0 amide bonds. The molecule has 1 aromatic carbocycles. The summed E-state index contributed by atoms with van der Waals surface area (Å²) < 4.78 is 0. The van der Waals surface area contributed by atoms with Gasteiger partial charge in [0.05, 0.1) is 11.0 Å². The number of fused-ring (bicyclic) bond motifs is 1. The number of nitrogens with zero attached hydrogens (tertiary/aromatic N) is 1. The summed E-state index contributed by atoms with van der Waals surface area (Å²) in [6.07, 6.45) is 0.789. The Morgan fingerprint density at radius 2 is 2.24 bits per heavy atom. The van der Waals surface area contributed by atoms with Crippen LogP contribution in [-0.4, -0.2) is 17.8 Å². The number of hydrogen-bond donors (Lipinski definition) is 1. The maximum atomic E-state index is 11.0. The lowest BCUT2D eigenvalue weighted by atomic mass is 9.77. The molecule has 0 fully saturated rings. The molecule has 0 saturated carbocycles. The predicted octanol–water partition coefficient (Wildman–Crippen LogP) is 1.72. The van der Waals surface area contributed by atoms with Crippen LogP contribution in [0.15, 0.2) is 18.2 Å². The van der Waals surface area contributed by atoms with Crippen LogP contribution in [0, 0.1) is 10.1 Å². The minimum atomic E-state index is -0.446. The second kappa shape index (κ2) is 3.92. The molecule has 17 heavy (non-hydrogen) atoms. The van der Waals surface area contributed by atoms with E-state index in [1.807, 2.05) is 13.8 Å². The van der Waals surface area contributed by atoms with Crippen LogP contribution in [0.2, 0.25) is 0 Å². The highest BCUT2D eigenvalue weighted by molar-refractivity contribution is 5.65. The highest BCUT2D eigenvalue weighted by Gasteiger charge is 2.33. The molecule has 1 N–H and O–H groups in total. The van der Waals surface area contributed by atoms with E-state index in [9.17, 15) is 14.9 Å². The molecule has 1 heterocycles. The van der Waals surface area contributed by atoms with Gasteiger partial charge in [-0.15, -0.1) is 0 Å². The third-order valence-electron chi connectivity index (χ3n) is 3.21. The molecule has 0 radical (unpaired) electrons. The monoisotopic (exact) mass is 234 g/mol. The molecule has 0 aromatic heterocycles. The van der Waals surface area contributed by atoms with Gasteiger partial charge >= 0.3 is 0 Å². The first kappa shape index (κ1) is 11.7. The summed E-state index contributed by atoms with van der Waals surface area (Å²) in [5, 5.41) is 13.8. The van der Waals surface area contributed by atoms with Crippen LogP contribution < -0.4 is 5.32 Å². The van der Waals surface area contributed by atoms with E-state index in [2.05, 4.69) is 5.32 Å². The van der Waals surface area contributed by atoms with Crippen LogP contribution in [0.5, 0.6) is 0 Å². The summed E-state index contributed by atoms with van der Waals surface area (Å²) in [4.78, 5) is 21.3. The standard InChI is InChI=1S/C12H14N2O3/c1-12(2)7-13-11(6-15)9-5-8(14(16)17)3-4-10(9)12/h3-6,11,13H,7H2,1-2H3. The quantitative estimate of drug-likeness (QED) is 0.480. The number of carbonyl (C=O) groups is 1. The Morgan fingerprint density at radius 3 is 2.82 bits per heavy atom. The molecule has 0 bridgehead atoms. The first-order chi connectivity index (χ1) is 7.95. The molecule has 0 saturated heterocycles. The van der Waals surface area contributed by atoms with Gasteiger partial charge in [-0.05, 0) is 11.1 Å². The Balaban J connectivity index is 2.59. The molecule has 1 aliphatic rings. The van der Waals surface area contributed by atoms with Crippen LogP contribution in [0.4, 0.5) is 5.69 Å². The van der Waals surface area contributed by atoms with Gasteiger partial charge in [-0.25, -0.2) is 0 Å². The third-order valence-corrected chi connectivity index (χ3v) is 3.21. The van der Waals surface area contributed by atoms with Gasteiger partial charge in [-0.1, -0.05) is 19.9 Å². The minimum absolute atomic E-state index is 0.0232. The van der Waals surface area contributed by atoms with Gasteiger partial charge in [0.25, 0.3) is 5.69 Å². The lowest BCUT2D eigenvalue weighted by molar-refractivity contribution is -0.385. The van der Waals surface area contributed by atoms with E-state index in [0.29, 0.717) is 12.1 Å². The molecule has 5 heteroatoms. The first-order valence-corrected chi connectivity index (χ1v) is 5.43. The first-order valence-electron chi connectivity index (χ1n) is 5.43. The van der Waals surface area contributed by atoms with Crippen molar-refractivity contribution >= 4 is 12.0 Å². The van der Waals surface area contributed by atoms with Crippen molar-refractivity contribution in [2.24, 2.45) is 0 Å². The molecule has 1 atom stereocenters. The fourth-order valence-corrected chi connectivity index (χ4v) is 2.23. The van der Waals surface area contributed by atoms with Gasteiger partial charge in [-0.3, -0.25) is 10.1 Å². The highest BCUT2D eigenvalue weighted by Crippen LogP contribution is 2.35. The number of nitro benzene ring substituents is 1. The Bertz CT molecular complexity index is 483. The molecule has 1 unspecified atom stereocenters. The van der Waals surface area contributed by atoms with Crippen LogP contribution in [0.3, 0.4) is 0 Å². The average molecular weight is 234 g/mol. The maximum Gasteiger partial charge on any atom is 0.269 e.